The van der Waals surface area contributed by atoms with Crippen LogP contribution in [0.2, 0.25) is 0 Å². The number of hydrogen-bond acceptors (Lipinski definition) is 3. The molecule has 19 heavy (non-hydrogen) atoms. The van der Waals surface area contributed by atoms with Crippen molar-refractivity contribution in [3.8, 4) is 11.5 Å². The van der Waals surface area contributed by atoms with Crippen LogP contribution < -0.4 is 9.47 Å². The van der Waals surface area contributed by atoms with Gasteiger partial charge in [-0.2, -0.15) is 0 Å². The highest BCUT2D eigenvalue weighted by atomic mass is 16.5. The Hall–Kier alpha value is -2.03. The van der Waals surface area contributed by atoms with Crippen LogP contribution in [0, 0.1) is 5.92 Å². The van der Waals surface area contributed by atoms with Gasteiger partial charge in [-0.25, -0.2) is 0 Å². The Labute approximate surface area is 114 Å². The molecule has 0 aliphatic carbocycles. The fourth-order valence-electron chi connectivity index (χ4n) is 1.57. The van der Waals surface area contributed by atoms with Gasteiger partial charge in [0.1, 0.15) is 12.9 Å². The average molecular weight is 260 g/mol. The molecule has 0 aromatic heterocycles. The molecule has 0 N–H and O–H groups in total. The lowest BCUT2D eigenvalue weighted by molar-refractivity contribution is -0.105. The molecule has 0 radical (unpaired) electrons. The first-order valence-corrected chi connectivity index (χ1v) is 6.20. The summed E-state index contributed by atoms with van der Waals surface area (Å²) in [6.45, 7) is 8.00. The van der Waals surface area contributed by atoms with Crippen molar-refractivity contribution in [2.24, 2.45) is 5.92 Å². The standard InChI is InChI=1S/C16H20O3/c1-5-8-19-15-7-6-13(10-16(15)18-4)9-14(11-17)12(2)3/h5-7,9-12H,1,8H2,2-4H3. The van der Waals surface area contributed by atoms with Crippen molar-refractivity contribution in [1.29, 1.82) is 0 Å². The topological polar surface area (TPSA) is 35.5 Å². The predicted octanol–water partition coefficient (Wildman–Crippen LogP) is 3.50. The molecule has 0 saturated heterocycles. The minimum absolute atomic E-state index is 0.195. The van der Waals surface area contributed by atoms with Crippen molar-refractivity contribution in [2.45, 2.75) is 13.8 Å². The average Bonchev–Trinajstić information content (AvgIpc) is 2.42. The Kier molecular flexibility index (Phi) is 5.86. The van der Waals surface area contributed by atoms with Crippen LogP contribution in [-0.4, -0.2) is 20.0 Å². The summed E-state index contributed by atoms with van der Waals surface area (Å²) < 4.78 is 10.8. The fraction of sp³-hybridized carbons (Fsp3) is 0.312. The molecule has 1 aromatic carbocycles. The number of rotatable bonds is 7. The van der Waals surface area contributed by atoms with Crippen molar-refractivity contribution in [2.75, 3.05) is 13.7 Å². The van der Waals surface area contributed by atoms with E-state index in [1.807, 2.05) is 38.1 Å². The zero-order valence-electron chi connectivity index (χ0n) is 11.7. The number of carbonyl (C=O) groups is 1. The lowest BCUT2D eigenvalue weighted by Crippen LogP contribution is -1.97. The van der Waals surface area contributed by atoms with Gasteiger partial charge < -0.3 is 9.47 Å². The van der Waals surface area contributed by atoms with Gasteiger partial charge in [-0.15, -0.1) is 0 Å². The summed E-state index contributed by atoms with van der Waals surface area (Å²) in [5.41, 5.74) is 1.67. The number of hydrogen-bond donors (Lipinski definition) is 0. The minimum Gasteiger partial charge on any atom is -0.493 e. The maximum Gasteiger partial charge on any atom is 0.161 e. The molecule has 0 amide bonds. The lowest BCUT2D eigenvalue weighted by Gasteiger charge is -2.10. The monoisotopic (exact) mass is 260 g/mol. The van der Waals surface area contributed by atoms with Crippen molar-refractivity contribution in [3.05, 3.63) is 42.0 Å². The Bertz CT molecular complexity index is 473. The van der Waals surface area contributed by atoms with Crippen LogP contribution in [-0.2, 0) is 4.79 Å². The molecule has 0 aliphatic heterocycles. The van der Waals surface area contributed by atoms with Crippen LogP contribution in [0.1, 0.15) is 19.4 Å². The SMILES string of the molecule is C=CCOc1ccc(C=C(C=O)C(C)C)cc1OC. The molecular formula is C16H20O3. The summed E-state index contributed by atoms with van der Waals surface area (Å²) in [4.78, 5) is 11.0. The number of benzene rings is 1. The van der Waals surface area contributed by atoms with Crippen LogP contribution in [0.15, 0.2) is 36.4 Å². The molecule has 0 bridgehead atoms. The molecule has 0 saturated carbocycles. The van der Waals surface area contributed by atoms with Crippen molar-refractivity contribution >= 4 is 12.4 Å². The van der Waals surface area contributed by atoms with E-state index in [0.717, 1.165) is 17.4 Å². The summed E-state index contributed by atoms with van der Waals surface area (Å²) in [5, 5.41) is 0. The fourth-order valence-corrected chi connectivity index (χ4v) is 1.57. The van der Waals surface area contributed by atoms with Crippen LogP contribution in [0.3, 0.4) is 0 Å². The smallest absolute Gasteiger partial charge is 0.161 e. The van der Waals surface area contributed by atoms with E-state index in [-0.39, 0.29) is 5.92 Å². The van der Waals surface area contributed by atoms with E-state index in [2.05, 4.69) is 6.58 Å². The second-order valence-corrected chi connectivity index (χ2v) is 4.43. The van der Waals surface area contributed by atoms with Crippen molar-refractivity contribution in [3.63, 3.8) is 0 Å². The molecule has 3 nitrogen and oxygen atoms in total. The summed E-state index contributed by atoms with van der Waals surface area (Å²) in [6.07, 6.45) is 4.42. The van der Waals surface area contributed by atoms with Gasteiger partial charge in [-0.1, -0.05) is 32.6 Å². The third kappa shape index (κ3) is 4.28. The van der Waals surface area contributed by atoms with Crippen molar-refractivity contribution in [1.82, 2.24) is 0 Å². The van der Waals surface area contributed by atoms with Crippen LogP contribution in [0.4, 0.5) is 0 Å². The van der Waals surface area contributed by atoms with Crippen LogP contribution >= 0.6 is 0 Å². The zero-order chi connectivity index (χ0) is 14.3. The van der Waals surface area contributed by atoms with E-state index in [0.29, 0.717) is 18.1 Å². The molecule has 102 valence electrons. The Balaban J connectivity index is 3.05. The van der Waals surface area contributed by atoms with Gasteiger partial charge in [0.25, 0.3) is 0 Å². The second-order valence-electron chi connectivity index (χ2n) is 4.43. The maximum atomic E-state index is 11.0. The van der Waals surface area contributed by atoms with Gasteiger partial charge in [0, 0.05) is 0 Å². The van der Waals surface area contributed by atoms with E-state index in [1.54, 1.807) is 13.2 Å². The number of aldehydes is 1. The number of allylic oxidation sites excluding steroid dienone is 1. The normalized spacial score (nSPS) is 11.3. The number of ether oxygens (including phenoxy) is 2. The van der Waals surface area contributed by atoms with E-state index in [1.165, 1.54) is 0 Å². The highest BCUT2D eigenvalue weighted by Gasteiger charge is 2.06. The van der Waals surface area contributed by atoms with Crippen LogP contribution in [0.5, 0.6) is 11.5 Å². The maximum absolute atomic E-state index is 11.0. The van der Waals surface area contributed by atoms with Gasteiger partial charge in [0.05, 0.1) is 7.11 Å². The number of carbonyl (C=O) groups excluding carboxylic acids is 1. The Morgan fingerprint density at radius 3 is 2.63 bits per heavy atom. The highest BCUT2D eigenvalue weighted by Crippen LogP contribution is 2.29. The summed E-state index contributed by atoms with van der Waals surface area (Å²) >= 11 is 0. The van der Waals surface area contributed by atoms with E-state index >= 15 is 0 Å². The molecule has 0 spiro atoms. The third-order valence-corrected chi connectivity index (χ3v) is 2.68. The van der Waals surface area contributed by atoms with Gasteiger partial charge >= 0.3 is 0 Å². The summed E-state index contributed by atoms with van der Waals surface area (Å²) in [5.74, 6) is 1.50. The largest absolute Gasteiger partial charge is 0.493 e. The number of methoxy groups -OCH3 is 1. The minimum atomic E-state index is 0.195. The van der Waals surface area contributed by atoms with Gasteiger partial charge in [-0.3, -0.25) is 4.79 Å². The quantitative estimate of drug-likeness (QED) is 0.427. The Morgan fingerprint density at radius 1 is 1.37 bits per heavy atom. The van der Waals surface area contributed by atoms with Crippen LogP contribution in [0.25, 0.3) is 6.08 Å². The molecule has 0 fully saturated rings. The third-order valence-electron chi connectivity index (χ3n) is 2.68. The lowest BCUT2D eigenvalue weighted by atomic mass is 10.0. The van der Waals surface area contributed by atoms with Gasteiger partial charge in [0.15, 0.2) is 11.5 Å². The predicted molar refractivity (Wildman–Crippen MR) is 77.6 cm³/mol. The Morgan fingerprint density at radius 2 is 2.11 bits per heavy atom. The zero-order valence-corrected chi connectivity index (χ0v) is 11.7. The first kappa shape index (κ1) is 15.0. The molecule has 0 unspecified atom stereocenters. The molecule has 0 atom stereocenters. The molecule has 3 heteroatoms. The molecule has 0 aliphatic rings. The van der Waals surface area contributed by atoms with E-state index < -0.39 is 0 Å². The summed E-state index contributed by atoms with van der Waals surface area (Å²) in [7, 11) is 1.59. The molecule has 1 aromatic rings. The van der Waals surface area contributed by atoms with E-state index in [4.69, 9.17) is 9.47 Å². The second kappa shape index (κ2) is 7.41. The summed E-state index contributed by atoms with van der Waals surface area (Å²) in [6, 6.07) is 5.58. The first-order chi connectivity index (χ1) is 9.12. The molecule has 0 heterocycles. The van der Waals surface area contributed by atoms with Gasteiger partial charge in [-0.05, 0) is 35.3 Å². The van der Waals surface area contributed by atoms with E-state index in [9.17, 15) is 4.79 Å². The molecular weight excluding hydrogens is 240 g/mol. The molecule has 1 rings (SSSR count). The first-order valence-electron chi connectivity index (χ1n) is 6.20. The highest BCUT2D eigenvalue weighted by molar-refractivity contribution is 5.82. The van der Waals surface area contributed by atoms with Gasteiger partial charge in [0.2, 0.25) is 0 Å². The van der Waals surface area contributed by atoms with Crippen molar-refractivity contribution < 1.29 is 14.3 Å².